The molecule has 0 amide bonds. The number of benzene rings is 2. The van der Waals surface area contributed by atoms with E-state index < -0.39 is 0 Å². The van der Waals surface area contributed by atoms with Gasteiger partial charge in [-0.25, -0.2) is 4.98 Å². The summed E-state index contributed by atoms with van der Waals surface area (Å²) in [6.07, 6.45) is 12.3. The number of aromatic nitrogens is 2. The highest BCUT2D eigenvalue weighted by molar-refractivity contribution is 5.69. The first-order valence-electron chi connectivity index (χ1n) is 13.2. The number of hydrogen-bond acceptors (Lipinski definition) is 3. The molecular formula is C31H40N4. The minimum Gasteiger partial charge on any atom is -0.376 e. The summed E-state index contributed by atoms with van der Waals surface area (Å²) < 4.78 is 2.51. The van der Waals surface area contributed by atoms with E-state index in [2.05, 4.69) is 115 Å². The Morgan fingerprint density at radius 3 is 2.26 bits per heavy atom. The third-order valence-corrected chi connectivity index (χ3v) is 6.70. The lowest BCUT2D eigenvalue weighted by atomic mass is 10.00. The van der Waals surface area contributed by atoms with Gasteiger partial charge in [0.15, 0.2) is 0 Å². The predicted octanol–water partition coefficient (Wildman–Crippen LogP) is 7.22. The van der Waals surface area contributed by atoms with E-state index in [1.165, 1.54) is 35.2 Å². The van der Waals surface area contributed by atoms with E-state index in [9.17, 15) is 0 Å². The Bertz CT molecular complexity index is 1110. The van der Waals surface area contributed by atoms with Gasteiger partial charge in [-0.15, -0.1) is 0 Å². The van der Waals surface area contributed by atoms with Crippen molar-refractivity contribution in [3.05, 3.63) is 90.3 Å². The maximum Gasteiger partial charge on any atom is 0.140 e. The molecule has 3 aromatic rings. The van der Waals surface area contributed by atoms with Crippen LogP contribution in [0.2, 0.25) is 0 Å². The zero-order valence-corrected chi connectivity index (χ0v) is 21.6. The van der Waals surface area contributed by atoms with Crippen molar-refractivity contribution >= 4 is 0 Å². The Labute approximate surface area is 211 Å². The molecule has 184 valence electrons. The summed E-state index contributed by atoms with van der Waals surface area (Å²) >= 11 is 0. The zero-order chi connectivity index (χ0) is 24.5. The average Bonchev–Trinajstić information content (AvgIpc) is 3.28. The van der Waals surface area contributed by atoms with Crippen molar-refractivity contribution in [3.63, 3.8) is 0 Å². The molecule has 4 heteroatoms. The summed E-state index contributed by atoms with van der Waals surface area (Å²) in [7, 11) is 2.14. The molecule has 0 radical (unpaired) electrons. The Kier molecular flexibility index (Phi) is 8.96. The Morgan fingerprint density at radius 2 is 1.60 bits per heavy atom. The third-order valence-electron chi connectivity index (χ3n) is 6.70. The molecule has 0 saturated heterocycles. The SMILES string of the molecule is CCCCC(NCC1=CC=CN(C)C1)c1c(-c2ccccc2)nc(-c2ccccc2)n1CCCC. The van der Waals surface area contributed by atoms with Crippen molar-refractivity contribution in [1.29, 1.82) is 0 Å². The van der Waals surface area contributed by atoms with Crippen LogP contribution >= 0.6 is 0 Å². The van der Waals surface area contributed by atoms with E-state index >= 15 is 0 Å². The minimum atomic E-state index is 0.240. The normalized spacial score (nSPS) is 14.3. The van der Waals surface area contributed by atoms with E-state index in [1.54, 1.807) is 0 Å². The Hall–Kier alpha value is -3.11. The number of rotatable bonds is 12. The number of unbranched alkanes of at least 4 members (excludes halogenated alkanes) is 2. The summed E-state index contributed by atoms with van der Waals surface area (Å²) in [4.78, 5) is 7.57. The maximum absolute atomic E-state index is 5.33. The van der Waals surface area contributed by atoms with Crippen molar-refractivity contribution in [3.8, 4) is 22.6 Å². The highest BCUT2D eigenvalue weighted by atomic mass is 15.1. The lowest BCUT2D eigenvalue weighted by molar-refractivity contribution is 0.442. The van der Waals surface area contributed by atoms with Gasteiger partial charge in [-0.05, 0) is 30.7 Å². The summed E-state index contributed by atoms with van der Waals surface area (Å²) in [6, 6.07) is 21.6. The molecule has 1 aliphatic rings. The van der Waals surface area contributed by atoms with E-state index in [4.69, 9.17) is 4.98 Å². The summed E-state index contributed by atoms with van der Waals surface area (Å²) in [5.41, 5.74) is 6.24. The molecule has 1 atom stereocenters. The Morgan fingerprint density at radius 1 is 0.914 bits per heavy atom. The molecule has 1 unspecified atom stereocenters. The van der Waals surface area contributed by atoms with Crippen LogP contribution < -0.4 is 5.32 Å². The molecule has 4 nitrogen and oxygen atoms in total. The number of nitrogens with one attached hydrogen (secondary N) is 1. The second-order valence-corrected chi connectivity index (χ2v) is 9.56. The fourth-order valence-corrected chi connectivity index (χ4v) is 4.84. The van der Waals surface area contributed by atoms with E-state index in [1.807, 2.05) is 0 Å². The van der Waals surface area contributed by atoms with Gasteiger partial charge in [-0.1, -0.05) is 99.8 Å². The van der Waals surface area contributed by atoms with Gasteiger partial charge in [0.25, 0.3) is 0 Å². The molecule has 2 aromatic carbocycles. The van der Waals surface area contributed by atoms with Gasteiger partial charge in [0, 0.05) is 43.9 Å². The monoisotopic (exact) mass is 468 g/mol. The van der Waals surface area contributed by atoms with Gasteiger partial charge in [-0.3, -0.25) is 0 Å². The van der Waals surface area contributed by atoms with Crippen molar-refractivity contribution in [1.82, 2.24) is 19.8 Å². The van der Waals surface area contributed by atoms with E-state index in [0.29, 0.717) is 0 Å². The van der Waals surface area contributed by atoms with Crippen LogP contribution in [0.1, 0.15) is 57.7 Å². The zero-order valence-electron chi connectivity index (χ0n) is 21.6. The average molecular weight is 469 g/mol. The summed E-state index contributed by atoms with van der Waals surface area (Å²) in [5.74, 6) is 1.08. The quantitative estimate of drug-likeness (QED) is 0.304. The van der Waals surface area contributed by atoms with Gasteiger partial charge in [0.05, 0.1) is 11.4 Å². The first kappa shape index (κ1) is 25.0. The topological polar surface area (TPSA) is 33.1 Å². The maximum atomic E-state index is 5.33. The predicted molar refractivity (Wildman–Crippen MR) is 148 cm³/mol. The van der Waals surface area contributed by atoms with Crippen LogP contribution in [-0.2, 0) is 6.54 Å². The molecular weight excluding hydrogens is 428 g/mol. The number of nitrogens with zero attached hydrogens (tertiary/aromatic N) is 3. The van der Waals surface area contributed by atoms with Crippen molar-refractivity contribution < 1.29 is 0 Å². The standard InChI is InChI=1S/C31H40N4/c1-4-6-20-28(32-23-25-15-14-21-34(3)24-25)30-29(26-16-10-8-11-17-26)33-31(35(30)22-7-5-2)27-18-12-9-13-19-27/h8-19,21,28,32H,4-7,20,22-24H2,1-3H3. The van der Waals surface area contributed by atoms with Crippen LogP contribution in [-0.4, -0.2) is 34.6 Å². The van der Waals surface area contributed by atoms with Crippen LogP contribution in [0.15, 0.2) is 84.6 Å². The third kappa shape index (κ3) is 6.32. The number of imidazole rings is 1. The first-order valence-corrected chi connectivity index (χ1v) is 13.2. The van der Waals surface area contributed by atoms with Gasteiger partial charge in [0.1, 0.15) is 5.82 Å². The lowest BCUT2D eigenvalue weighted by Gasteiger charge is -2.26. The van der Waals surface area contributed by atoms with E-state index in [-0.39, 0.29) is 6.04 Å². The smallest absolute Gasteiger partial charge is 0.140 e. The van der Waals surface area contributed by atoms with Crippen molar-refractivity contribution in [2.75, 3.05) is 20.1 Å². The van der Waals surface area contributed by atoms with Crippen LogP contribution in [0, 0.1) is 0 Å². The highest BCUT2D eigenvalue weighted by Crippen LogP contribution is 2.35. The first-order chi connectivity index (χ1) is 17.2. The summed E-state index contributed by atoms with van der Waals surface area (Å²) in [5, 5.41) is 3.96. The molecule has 0 saturated carbocycles. The minimum absolute atomic E-state index is 0.240. The molecule has 1 N–H and O–H groups in total. The number of allylic oxidation sites excluding steroid dienone is 2. The molecule has 1 aliphatic heterocycles. The second-order valence-electron chi connectivity index (χ2n) is 9.56. The molecule has 0 spiro atoms. The summed E-state index contributed by atoms with van der Waals surface area (Å²) in [6.45, 7) is 7.39. The second kappa shape index (κ2) is 12.6. The van der Waals surface area contributed by atoms with Gasteiger partial charge in [-0.2, -0.15) is 0 Å². The van der Waals surface area contributed by atoms with Crippen molar-refractivity contribution in [2.24, 2.45) is 0 Å². The van der Waals surface area contributed by atoms with Gasteiger partial charge in [0.2, 0.25) is 0 Å². The molecule has 2 heterocycles. The Balaban J connectivity index is 1.80. The molecule has 4 rings (SSSR count). The van der Waals surface area contributed by atoms with Crippen molar-refractivity contribution in [2.45, 2.75) is 58.5 Å². The molecule has 35 heavy (non-hydrogen) atoms. The largest absolute Gasteiger partial charge is 0.376 e. The lowest BCUT2D eigenvalue weighted by Crippen LogP contribution is -2.30. The molecule has 0 bridgehead atoms. The number of hydrogen-bond donors (Lipinski definition) is 1. The highest BCUT2D eigenvalue weighted by Gasteiger charge is 2.26. The van der Waals surface area contributed by atoms with Crippen LogP contribution in [0.3, 0.4) is 0 Å². The van der Waals surface area contributed by atoms with E-state index in [0.717, 1.165) is 50.4 Å². The van der Waals surface area contributed by atoms with Crippen LogP contribution in [0.25, 0.3) is 22.6 Å². The van der Waals surface area contributed by atoms with Crippen LogP contribution in [0.4, 0.5) is 0 Å². The molecule has 1 aromatic heterocycles. The molecule has 0 aliphatic carbocycles. The fraction of sp³-hybridized carbons (Fsp3) is 0.387. The van der Waals surface area contributed by atoms with Crippen LogP contribution in [0.5, 0.6) is 0 Å². The van der Waals surface area contributed by atoms with Gasteiger partial charge >= 0.3 is 0 Å². The molecule has 0 fully saturated rings. The number of likely N-dealkylation sites (N-methyl/N-ethyl adjacent to an activating group) is 1. The van der Waals surface area contributed by atoms with Gasteiger partial charge < -0.3 is 14.8 Å². The fourth-order valence-electron chi connectivity index (χ4n) is 4.84.